The van der Waals surface area contributed by atoms with E-state index >= 15 is 0 Å². The number of methoxy groups -OCH3 is 1. The summed E-state index contributed by atoms with van der Waals surface area (Å²) in [4.78, 5) is 23.0. The fourth-order valence-electron chi connectivity index (χ4n) is 1.48. The Morgan fingerprint density at radius 1 is 1.32 bits per heavy atom. The molecule has 0 unspecified atom stereocenters. The van der Waals surface area contributed by atoms with Crippen LogP contribution in [0.5, 0.6) is 0 Å². The minimum absolute atomic E-state index is 0.478. The Bertz CT molecular complexity index is 298. The fourth-order valence-corrected chi connectivity index (χ4v) is 1.48. The maximum absolute atomic E-state index is 11.7. The lowest BCUT2D eigenvalue weighted by molar-refractivity contribution is -0.152. The first-order valence-electron chi connectivity index (χ1n) is 6.46. The molecule has 0 aromatic rings. The standard InChI is InChI=1S/C13H25NO5/c1-6-7-8-9(10(15)11(16)18-5)14-12(17)19-13(2,3)4/h9-10,15H,6-8H2,1-5H3,(H,14,17)/t9-,10+/m1/s1. The maximum atomic E-state index is 11.7. The highest BCUT2D eigenvalue weighted by atomic mass is 16.6. The molecule has 0 aromatic carbocycles. The van der Waals surface area contributed by atoms with Gasteiger partial charge in [-0.3, -0.25) is 0 Å². The Morgan fingerprint density at radius 2 is 1.89 bits per heavy atom. The van der Waals surface area contributed by atoms with Gasteiger partial charge in [0, 0.05) is 0 Å². The molecule has 0 aliphatic rings. The predicted molar refractivity (Wildman–Crippen MR) is 70.7 cm³/mol. The van der Waals surface area contributed by atoms with E-state index in [4.69, 9.17) is 4.74 Å². The van der Waals surface area contributed by atoms with Crippen LogP contribution in [-0.4, -0.2) is 42.0 Å². The quantitative estimate of drug-likeness (QED) is 0.719. The SMILES string of the molecule is CCCC[C@@H](NC(=O)OC(C)(C)C)[C@H](O)C(=O)OC. The zero-order valence-corrected chi connectivity index (χ0v) is 12.4. The summed E-state index contributed by atoms with van der Waals surface area (Å²) in [6, 6.07) is -0.706. The topological polar surface area (TPSA) is 84.9 Å². The molecule has 0 saturated carbocycles. The highest BCUT2D eigenvalue weighted by molar-refractivity contribution is 5.76. The van der Waals surface area contributed by atoms with E-state index in [0.29, 0.717) is 6.42 Å². The second-order valence-electron chi connectivity index (χ2n) is 5.36. The maximum Gasteiger partial charge on any atom is 0.407 e. The van der Waals surface area contributed by atoms with Crippen LogP contribution in [0.25, 0.3) is 0 Å². The van der Waals surface area contributed by atoms with E-state index in [2.05, 4.69) is 10.1 Å². The lowest BCUT2D eigenvalue weighted by atomic mass is 10.0. The Balaban J connectivity index is 4.58. The first-order chi connectivity index (χ1) is 8.71. The van der Waals surface area contributed by atoms with Gasteiger partial charge in [-0.05, 0) is 27.2 Å². The molecular formula is C13H25NO5. The van der Waals surface area contributed by atoms with Crippen LogP contribution in [0.15, 0.2) is 0 Å². The third kappa shape index (κ3) is 7.66. The third-order valence-electron chi connectivity index (χ3n) is 2.39. The first kappa shape index (κ1) is 17.7. The summed E-state index contributed by atoms with van der Waals surface area (Å²) in [6.45, 7) is 7.20. The number of carbonyl (C=O) groups excluding carboxylic acids is 2. The first-order valence-corrected chi connectivity index (χ1v) is 6.46. The van der Waals surface area contributed by atoms with E-state index in [0.717, 1.165) is 12.8 Å². The molecule has 1 amide bonds. The smallest absolute Gasteiger partial charge is 0.407 e. The number of rotatable bonds is 6. The van der Waals surface area contributed by atoms with Crippen molar-refractivity contribution >= 4 is 12.1 Å². The zero-order chi connectivity index (χ0) is 15.1. The van der Waals surface area contributed by atoms with Crippen molar-refractivity contribution in [3.63, 3.8) is 0 Å². The molecule has 0 aliphatic carbocycles. The fraction of sp³-hybridized carbons (Fsp3) is 0.846. The largest absolute Gasteiger partial charge is 0.467 e. The molecule has 0 aliphatic heterocycles. The van der Waals surface area contributed by atoms with Crippen molar-refractivity contribution < 1.29 is 24.2 Å². The molecule has 0 spiro atoms. The minimum Gasteiger partial charge on any atom is -0.467 e. The van der Waals surface area contributed by atoms with Crippen LogP contribution in [0.2, 0.25) is 0 Å². The Kier molecular flexibility index (Phi) is 7.44. The molecule has 2 N–H and O–H groups in total. The van der Waals surface area contributed by atoms with Crippen molar-refractivity contribution in [1.29, 1.82) is 0 Å². The summed E-state index contributed by atoms with van der Waals surface area (Å²) in [7, 11) is 1.19. The molecule has 0 radical (unpaired) electrons. The highest BCUT2D eigenvalue weighted by Gasteiger charge is 2.29. The number of nitrogens with one attached hydrogen (secondary N) is 1. The second kappa shape index (κ2) is 7.99. The summed E-state index contributed by atoms with van der Waals surface area (Å²) in [5, 5.41) is 12.3. The second-order valence-corrected chi connectivity index (χ2v) is 5.36. The number of carbonyl (C=O) groups is 2. The minimum atomic E-state index is -1.39. The van der Waals surface area contributed by atoms with Gasteiger partial charge in [0.25, 0.3) is 0 Å². The van der Waals surface area contributed by atoms with E-state index in [1.807, 2.05) is 6.92 Å². The monoisotopic (exact) mass is 275 g/mol. The molecule has 0 rings (SSSR count). The van der Waals surface area contributed by atoms with Gasteiger partial charge in [-0.15, -0.1) is 0 Å². The summed E-state index contributed by atoms with van der Waals surface area (Å²) in [6.07, 6.45) is 0.0987. The summed E-state index contributed by atoms with van der Waals surface area (Å²) in [5.74, 6) is -0.767. The summed E-state index contributed by atoms with van der Waals surface area (Å²) < 4.78 is 9.57. The third-order valence-corrected chi connectivity index (χ3v) is 2.39. The van der Waals surface area contributed by atoms with Gasteiger partial charge in [-0.25, -0.2) is 9.59 Å². The number of aliphatic hydroxyl groups excluding tert-OH is 1. The Hall–Kier alpha value is -1.30. The van der Waals surface area contributed by atoms with Gasteiger partial charge >= 0.3 is 12.1 Å². The number of esters is 1. The van der Waals surface area contributed by atoms with Crippen molar-refractivity contribution in [1.82, 2.24) is 5.32 Å². The van der Waals surface area contributed by atoms with Crippen LogP contribution in [0.3, 0.4) is 0 Å². The van der Waals surface area contributed by atoms with Crippen molar-refractivity contribution in [2.45, 2.75) is 64.7 Å². The summed E-state index contributed by atoms with van der Waals surface area (Å²) >= 11 is 0. The van der Waals surface area contributed by atoms with Gasteiger partial charge in [-0.1, -0.05) is 19.8 Å². The molecule has 6 heteroatoms. The van der Waals surface area contributed by atoms with Crippen LogP contribution in [0, 0.1) is 0 Å². The molecule has 19 heavy (non-hydrogen) atoms. The van der Waals surface area contributed by atoms with Crippen LogP contribution in [-0.2, 0) is 14.3 Å². The molecular weight excluding hydrogens is 250 g/mol. The number of aliphatic hydroxyl groups is 1. The molecule has 6 nitrogen and oxygen atoms in total. The highest BCUT2D eigenvalue weighted by Crippen LogP contribution is 2.10. The van der Waals surface area contributed by atoms with E-state index in [1.54, 1.807) is 20.8 Å². The van der Waals surface area contributed by atoms with Gasteiger partial charge in [0.2, 0.25) is 0 Å². The average Bonchev–Trinajstić information content (AvgIpc) is 2.30. The van der Waals surface area contributed by atoms with Gasteiger partial charge in [0.15, 0.2) is 6.10 Å². The average molecular weight is 275 g/mol. The van der Waals surface area contributed by atoms with Crippen LogP contribution in [0.1, 0.15) is 47.0 Å². The lowest BCUT2D eigenvalue weighted by Crippen LogP contribution is -2.48. The van der Waals surface area contributed by atoms with E-state index in [-0.39, 0.29) is 0 Å². The van der Waals surface area contributed by atoms with Gasteiger partial charge in [0.05, 0.1) is 13.2 Å². The molecule has 0 heterocycles. The molecule has 0 fully saturated rings. The summed E-state index contributed by atoms with van der Waals surface area (Å²) in [5.41, 5.74) is -0.629. The van der Waals surface area contributed by atoms with E-state index < -0.39 is 29.8 Å². The number of hydrogen-bond acceptors (Lipinski definition) is 5. The Morgan fingerprint density at radius 3 is 2.32 bits per heavy atom. The van der Waals surface area contributed by atoms with Crippen LogP contribution >= 0.6 is 0 Å². The molecule has 0 saturated heterocycles. The number of hydrogen-bond donors (Lipinski definition) is 2. The van der Waals surface area contributed by atoms with Crippen LogP contribution < -0.4 is 5.32 Å². The number of ether oxygens (including phenoxy) is 2. The molecule has 112 valence electrons. The van der Waals surface area contributed by atoms with Crippen LogP contribution in [0.4, 0.5) is 4.79 Å². The number of alkyl carbamates (subject to hydrolysis) is 1. The molecule has 0 bridgehead atoms. The predicted octanol–water partition coefficient (Wildman–Crippen LogP) is 1.60. The normalized spacial score (nSPS) is 14.4. The Labute approximate surface area is 114 Å². The van der Waals surface area contributed by atoms with Crippen molar-refractivity contribution in [3.8, 4) is 0 Å². The van der Waals surface area contributed by atoms with Gasteiger partial charge in [-0.2, -0.15) is 0 Å². The van der Waals surface area contributed by atoms with Crippen molar-refractivity contribution in [2.75, 3.05) is 7.11 Å². The van der Waals surface area contributed by atoms with E-state index in [1.165, 1.54) is 7.11 Å². The zero-order valence-electron chi connectivity index (χ0n) is 12.4. The molecule has 0 aromatic heterocycles. The lowest BCUT2D eigenvalue weighted by Gasteiger charge is -2.25. The van der Waals surface area contributed by atoms with Crippen molar-refractivity contribution in [3.05, 3.63) is 0 Å². The van der Waals surface area contributed by atoms with E-state index in [9.17, 15) is 14.7 Å². The van der Waals surface area contributed by atoms with Gasteiger partial charge in [0.1, 0.15) is 5.60 Å². The number of unbranched alkanes of at least 4 members (excludes halogenated alkanes) is 1. The van der Waals surface area contributed by atoms with Crippen molar-refractivity contribution in [2.24, 2.45) is 0 Å². The molecule has 2 atom stereocenters. The number of amides is 1. The van der Waals surface area contributed by atoms with Gasteiger partial charge < -0.3 is 19.9 Å².